The van der Waals surface area contributed by atoms with Crippen LogP contribution in [0.25, 0.3) is 0 Å². The summed E-state index contributed by atoms with van der Waals surface area (Å²) in [4.78, 5) is 0. The van der Waals surface area contributed by atoms with Gasteiger partial charge >= 0.3 is 0 Å². The van der Waals surface area contributed by atoms with Crippen molar-refractivity contribution in [2.45, 2.75) is 32.8 Å². The number of aliphatic hydroxyl groups excluding tert-OH is 1. The summed E-state index contributed by atoms with van der Waals surface area (Å²) in [5.74, 6) is 5.69. The first kappa shape index (κ1) is 10.5. The normalized spacial score (nSPS) is 12.5. The van der Waals surface area contributed by atoms with Crippen molar-refractivity contribution in [3.05, 3.63) is 0 Å². The van der Waals surface area contributed by atoms with Crippen LogP contribution in [0, 0.1) is 17.8 Å². The Morgan fingerprint density at radius 2 is 1.91 bits per heavy atom. The van der Waals surface area contributed by atoms with Gasteiger partial charge < -0.3 is 10.8 Å². The predicted octanol–water partition coefficient (Wildman–Crippen LogP) is 0.746. The summed E-state index contributed by atoms with van der Waals surface area (Å²) in [6.45, 7) is 4.44. The van der Waals surface area contributed by atoms with Crippen molar-refractivity contribution in [3.63, 3.8) is 0 Å². The van der Waals surface area contributed by atoms with Gasteiger partial charge in [-0.3, -0.25) is 0 Å². The lowest BCUT2D eigenvalue weighted by atomic mass is 9.97. The molecule has 0 saturated carbocycles. The highest BCUT2D eigenvalue weighted by Crippen LogP contribution is 2.11. The average molecular weight is 155 g/mol. The molecule has 0 aliphatic carbocycles. The smallest absolute Gasteiger partial charge is 0.117 e. The van der Waals surface area contributed by atoms with E-state index in [1.54, 1.807) is 0 Å². The van der Waals surface area contributed by atoms with Gasteiger partial charge in [-0.1, -0.05) is 25.7 Å². The quantitative estimate of drug-likeness (QED) is 0.591. The van der Waals surface area contributed by atoms with Crippen LogP contribution in [0.2, 0.25) is 0 Å². The topological polar surface area (TPSA) is 46.2 Å². The molecule has 0 saturated heterocycles. The van der Waals surface area contributed by atoms with Crippen LogP contribution in [-0.2, 0) is 0 Å². The largest absolute Gasteiger partial charge is 0.380 e. The lowest BCUT2D eigenvalue weighted by Crippen LogP contribution is -2.17. The Labute approximate surface area is 68.8 Å². The molecule has 0 heterocycles. The van der Waals surface area contributed by atoms with Crippen molar-refractivity contribution in [3.8, 4) is 11.8 Å². The first-order valence-electron chi connectivity index (χ1n) is 4.12. The van der Waals surface area contributed by atoms with Crippen molar-refractivity contribution in [2.75, 3.05) is 6.54 Å². The molecule has 2 heteroatoms. The fraction of sp³-hybridized carbons (Fsp3) is 0.778. The molecule has 0 aromatic carbocycles. The van der Waals surface area contributed by atoms with Gasteiger partial charge in [-0.2, -0.15) is 0 Å². The van der Waals surface area contributed by atoms with Crippen LogP contribution in [0.1, 0.15) is 26.7 Å². The highest BCUT2D eigenvalue weighted by atomic mass is 16.3. The fourth-order valence-corrected chi connectivity index (χ4v) is 1.02. The van der Waals surface area contributed by atoms with Crippen LogP contribution >= 0.6 is 0 Å². The zero-order valence-corrected chi connectivity index (χ0v) is 7.30. The van der Waals surface area contributed by atoms with E-state index in [0.29, 0.717) is 12.5 Å². The Balaban J connectivity index is 3.87. The summed E-state index contributed by atoms with van der Waals surface area (Å²) in [7, 11) is 0. The number of hydrogen-bond acceptors (Lipinski definition) is 2. The summed E-state index contributed by atoms with van der Waals surface area (Å²) in [6, 6.07) is 0. The average Bonchev–Trinajstić information content (AvgIpc) is 2.03. The molecule has 0 radical (unpaired) electrons. The second-order valence-corrected chi connectivity index (χ2v) is 2.55. The van der Waals surface area contributed by atoms with Gasteiger partial charge in [0.1, 0.15) is 6.10 Å². The van der Waals surface area contributed by atoms with E-state index in [4.69, 9.17) is 5.73 Å². The molecule has 0 rings (SSSR count). The molecule has 0 aliphatic heterocycles. The Bertz CT molecular complexity index is 141. The van der Waals surface area contributed by atoms with Crippen molar-refractivity contribution >= 4 is 0 Å². The third kappa shape index (κ3) is 4.02. The Morgan fingerprint density at radius 1 is 1.36 bits per heavy atom. The molecule has 1 atom stereocenters. The van der Waals surface area contributed by atoms with Crippen molar-refractivity contribution < 1.29 is 5.11 Å². The van der Waals surface area contributed by atoms with E-state index in [2.05, 4.69) is 25.7 Å². The molecule has 2 nitrogen and oxygen atoms in total. The molecule has 0 aromatic rings. The Hall–Kier alpha value is -0.520. The maximum absolute atomic E-state index is 9.41. The lowest BCUT2D eigenvalue weighted by Gasteiger charge is -2.13. The van der Waals surface area contributed by atoms with Crippen LogP contribution in [0.4, 0.5) is 0 Å². The zero-order valence-electron chi connectivity index (χ0n) is 7.30. The van der Waals surface area contributed by atoms with Crippen LogP contribution in [0.3, 0.4) is 0 Å². The van der Waals surface area contributed by atoms with E-state index in [9.17, 15) is 5.11 Å². The van der Waals surface area contributed by atoms with Crippen LogP contribution in [0.15, 0.2) is 0 Å². The monoisotopic (exact) mass is 155 g/mol. The van der Waals surface area contributed by atoms with E-state index in [-0.39, 0.29) is 0 Å². The molecule has 0 spiro atoms. The van der Waals surface area contributed by atoms with Gasteiger partial charge in [-0.05, 0) is 18.8 Å². The van der Waals surface area contributed by atoms with Crippen LogP contribution in [0.5, 0.6) is 0 Å². The number of aliphatic hydroxyl groups is 1. The van der Waals surface area contributed by atoms with Crippen molar-refractivity contribution in [1.29, 1.82) is 0 Å². The fourth-order valence-electron chi connectivity index (χ4n) is 1.02. The minimum Gasteiger partial charge on any atom is -0.380 e. The predicted molar refractivity (Wildman–Crippen MR) is 46.9 cm³/mol. The summed E-state index contributed by atoms with van der Waals surface area (Å²) in [6.07, 6.45) is 1.45. The molecular formula is C9H17NO. The SMILES string of the molecule is CCC(CC)C(O)C#CCN. The van der Waals surface area contributed by atoms with E-state index in [1.807, 2.05) is 0 Å². The van der Waals surface area contributed by atoms with Gasteiger partial charge in [0.2, 0.25) is 0 Å². The van der Waals surface area contributed by atoms with Gasteiger partial charge in [0.25, 0.3) is 0 Å². The van der Waals surface area contributed by atoms with Gasteiger partial charge in [-0.15, -0.1) is 0 Å². The maximum atomic E-state index is 9.41. The molecule has 0 aliphatic rings. The molecule has 64 valence electrons. The zero-order chi connectivity index (χ0) is 8.69. The minimum absolute atomic E-state index is 0.300. The molecule has 3 N–H and O–H groups in total. The van der Waals surface area contributed by atoms with Gasteiger partial charge in [0.05, 0.1) is 6.54 Å². The van der Waals surface area contributed by atoms with Gasteiger partial charge in [-0.25, -0.2) is 0 Å². The van der Waals surface area contributed by atoms with Gasteiger partial charge in [0, 0.05) is 0 Å². The molecule has 11 heavy (non-hydrogen) atoms. The molecule has 0 fully saturated rings. The second-order valence-electron chi connectivity index (χ2n) is 2.55. The summed E-state index contributed by atoms with van der Waals surface area (Å²) >= 11 is 0. The highest BCUT2D eigenvalue weighted by molar-refractivity contribution is 5.06. The summed E-state index contributed by atoms with van der Waals surface area (Å²) in [5.41, 5.74) is 5.18. The first-order chi connectivity index (χ1) is 5.26. The number of nitrogens with two attached hydrogens (primary N) is 1. The third-order valence-electron chi connectivity index (χ3n) is 1.85. The van der Waals surface area contributed by atoms with E-state index in [1.165, 1.54) is 0 Å². The van der Waals surface area contributed by atoms with Crippen LogP contribution < -0.4 is 5.73 Å². The summed E-state index contributed by atoms with van der Waals surface area (Å²) in [5, 5.41) is 9.41. The first-order valence-corrected chi connectivity index (χ1v) is 4.12. The van der Waals surface area contributed by atoms with Crippen molar-refractivity contribution in [1.82, 2.24) is 0 Å². The lowest BCUT2D eigenvalue weighted by molar-refractivity contribution is 0.155. The molecular weight excluding hydrogens is 138 g/mol. The van der Waals surface area contributed by atoms with E-state index in [0.717, 1.165) is 12.8 Å². The van der Waals surface area contributed by atoms with E-state index >= 15 is 0 Å². The highest BCUT2D eigenvalue weighted by Gasteiger charge is 2.11. The standard InChI is InChI=1S/C9H17NO/c1-3-8(4-2)9(11)6-5-7-10/h8-9,11H,3-4,7,10H2,1-2H3. The third-order valence-corrected chi connectivity index (χ3v) is 1.85. The Morgan fingerprint density at radius 3 is 2.27 bits per heavy atom. The Kier molecular flexibility index (Phi) is 5.91. The van der Waals surface area contributed by atoms with Crippen LogP contribution in [-0.4, -0.2) is 17.8 Å². The number of rotatable bonds is 3. The second kappa shape index (κ2) is 6.21. The maximum Gasteiger partial charge on any atom is 0.117 e. The molecule has 0 aromatic heterocycles. The minimum atomic E-state index is -0.492. The molecule has 0 amide bonds. The van der Waals surface area contributed by atoms with Gasteiger partial charge in [0.15, 0.2) is 0 Å². The number of hydrogen-bond donors (Lipinski definition) is 2. The van der Waals surface area contributed by atoms with Crippen molar-refractivity contribution in [2.24, 2.45) is 11.7 Å². The molecule has 1 unspecified atom stereocenters. The van der Waals surface area contributed by atoms with E-state index < -0.39 is 6.10 Å². The summed E-state index contributed by atoms with van der Waals surface area (Å²) < 4.78 is 0. The molecule has 0 bridgehead atoms.